The minimum atomic E-state index is -0.394. The van der Waals surface area contributed by atoms with Crippen molar-refractivity contribution in [3.63, 3.8) is 0 Å². The molecule has 0 spiro atoms. The summed E-state index contributed by atoms with van der Waals surface area (Å²) < 4.78 is 5.83. The highest BCUT2D eigenvalue weighted by atomic mass is 16.5. The summed E-state index contributed by atoms with van der Waals surface area (Å²) in [6, 6.07) is -0.394. The Balaban J connectivity index is 3.79. The Morgan fingerprint density at radius 3 is 2.50 bits per heavy atom. The lowest BCUT2D eigenvalue weighted by atomic mass is 10.0. The van der Waals surface area contributed by atoms with E-state index in [-0.39, 0.29) is 11.5 Å². The summed E-state index contributed by atoms with van der Waals surface area (Å²) in [6.07, 6.45) is 2.53. The molecule has 0 rings (SSSR count). The smallest absolute Gasteiger partial charge is 0.236 e. The Bertz CT molecular complexity index is 240. The highest BCUT2D eigenvalue weighted by molar-refractivity contribution is 5.81. The van der Waals surface area contributed by atoms with E-state index in [9.17, 15) is 4.79 Å². The second-order valence-corrected chi connectivity index (χ2v) is 5.85. The zero-order valence-electron chi connectivity index (χ0n) is 12.6. The molecular formula is C14H30N2O2. The van der Waals surface area contributed by atoms with Crippen molar-refractivity contribution in [1.82, 2.24) is 5.32 Å². The molecule has 4 nitrogen and oxygen atoms in total. The van der Waals surface area contributed by atoms with Gasteiger partial charge in [0.1, 0.15) is 0 Å². The summed E-state index contributed by atoms with van der Waals surface area (Å²) in [4.78, 5) is 11.5. The lowest BCUT2D eigenvalue weighted by Crippen LogP contribution is -2.42. The molecule has 0 aliphatic rings. The number of hydrogen-bond acceptors (Lipinski definition) is 3. The summed E-state index contributed by atoms with van der Waals surface area (Å²) in [5.41, 5.74) is 5.44. The van der Waals surface area contributed by atoms with Gasteiger partial charge in [-0.2, -0.15) is 0 Å². The second-order valence-electron chi connectivity index (χ2n) is 5.85. The number of nitrogens with one attached hydrogen (secondary N) is 1. The highest BCUT2D eigenvalue weighted by Gasteiger charge is 2.19. The van der Waals surface area contributed by atoms with Crippen LogP contribution < -0.4 is 11.1 Å². The van der Waals surface area contributed by atoms with Crippen molar-refractivity contribution < 1.29 is 9.53 Å². The molecule has 0 aromatic heterocycles. The van der Waals surface area contributed by atoms with Crippen LogP contribution in [0.25, 0.3) is 0 Å². The van der Waals surface area contributed by atoms with E-state index in [4.69, 9.17) is 10.5 Å². The largest absolute Gasteiger partial charge is 0.375 e. The zero-order chi connectivity index (χ0) is 14.2. The number of ether oxygens (including phenoxy) is 1. The molecule has 18 heavy (non-hydrogen) atoms. The van der Waals surface area contributed by atoms with Crippen LogP contribution in [0.4, 0.5) is 0 Å². The van der Waals surface area contributed by atoms with E-state index in [1.807, 2.05) is 6.92 Å². The fourth-order valence-corrected chi connectivity index (χ4v) is 1.45. The first kappa shape index (κ1) is 17.4. The first-order valence-corrected chi connectivity index (χ1v) is 6.95. The van der Waals surface area contributed by atoms with Gasteiger partial charge in [0.2, 0.25) is 5.91 Å². The Hall–Kier alpha value is -0.610. The molecule has 0 saturated carbocycles. The van der Waals surface area contributed by atoms with Gasteiger partial charge in [-0.25, -0.2) is 0 Å². The predicted molar refractivity (Wildman–Crippen MR) is 75.4 cm³/mol. The van der Waals surface area contributed by atoms with Gasteiger partial charge in [-0.3, -0.25) is 4.79 Å². The van der Waals surface area contributed by atoms with Crippen LogP contribution in [-0.2, 0) is 9.53 Å². The third kappa shape index (κ3) is 8.48. The maximum absolute atomic E-state index is 11.5. The third-order valence-corrected chi connectivity index (χ3v) is 2.99. The molecule has 1 amide bonds. The van der Waals surface area contributed by atoms with Crippen molar-refractivity contribution in [1.29, 1.82) is 0 Å². The lowest BCUT2D eigenvalue weighted by Gasteiger charge is -2.26. The molecule has 0 aromatic rings. The fraction of sp³-hybridized carbons (Fsp3) is 0.929. The van der Waals surface area contributed by atoms with E-state index in [0.29, 0.717) is 18.9 Å². The third-order valence-electron chi connectivity index (χ3n) is 2.99. The van der Waals surface area contributed by atoms with Gasteiger partial charge in [0.05, 0.1) is 11.6 Å². The van der Waals surface area contributed by atoms with Gasteiger partial charge in [0.15, 0.2) is 0 Å². The maximum atomic E-state index is 11.5. The topological polar surface area (TPSA) is 64.4 Å². The summed E-state index contributed by atoms with van der Waals surface area (Å²) in [5.74, 6) is 0.582. The van der Waals surface area contributed by atoms with Gasteiger partial charge in [0.25, 0.3) is 0 Å². The Kier molecular flexibility index (Phi) is 8.20. The van der Waals surface area contributed by atoms with E-state index in [0.717, 1.165) is 19.4 Å². The number of rotatable bonds is 9. The van der Waals surface area contributed by atoms with Crippen LogP contribution in [0.15, 0.2) is 0 Å². The minimum absolute atomic E-state index is 0.0736. The number of amides is 1. The molecular weight excluding hydrogens is 228 g/mol. The number of nitrogens with two attached hydrogens (primary N) is 1. The highest BCUT2D eigenvalue weighted by Crippen LogP contribution is 2.15. The Morgan fingerprint density at radius 1 is 1.39 bits per heavy atom. The first-order valence-electron chi connectivity index (χ1n) is 6.95. The summed E-state index contributed by atoms with van der Waals surface area (Å²) in [6.45, 7) is 11.8. The Labute approximate surface area is 112 Å². The van der Waals surface area contributed by atoms with Crippen molar-refractivity contribution in [3.8, 4) is 0 Å². The fourth-order valence-electron chi connectivity index (χ4n) is 1.45. The van der Waals surface area contributed by atoms with Crippen molar-refractivity contribution in [2.24, 2.45) is 11.7 Å². The van der Waals surface area contributed by atoms with Crippen LogP contribution in [0.1, 0.15) is 53.9 Å². The molecule has 0 aliphatic carbocycles. The quantitative estimate of drug-likeness (QED) is 0.665. The Morgan fingerprint density at radius 2 is 2.00 bits per heavy atom. The molecule has 0 bridgehead atoms. The van der Waals surface area contributed by atoms with Crippen LogP contribution in [0.5, 0.6) is 0 Å². The van der Waals surface area contributed by atoms with E-state index < -0.39 is 6.04 Å². The van der Waals surface area contributed by atoms with Crippen LogP contribution in [0, 0.1) is 5.92 Å². The SMILES string of the molecule is CC[C@H](N)C(=O)NCCC(C)(C)OCCC(C)C. The van der Waals surface area contributed by atoms with Crippen LogP contribution in [0.3, 0.4) is 0 Å². The van der Waals surface area contributed by atoms with Crippen LogP contribution in [-0.4, -0.2) is 30.7 Å². The van der Waals surface area contributed by atoms with E-state index >= 15 is 0 Å². The van der Waals surface area contributed by atoms with Gasteiger partial charge in [-0.05, 0) is 39.0 Å². The van der Waals surface area contributed by atoms with Gasteiger partial charge in [-0.1, -0.05) is 20.8 Å². The average Bonchev–Trinajstić information content (AvgIpc) is 2.26. The first-order chi connectivity index (χ1) is 8.28. The monoisotopic (exact) mass is 258 g/mol. The maximum Gasteiger partial charge on any atom is 0.236 e. The molecule has 0 saturated heterocycles. The average molecular weight is 258 g/mol. The molecule has 108 valence electrons. The summed E-state index contributed by atoms with van der Waals surface area (Å²) in [5, 5.41) is 2.84. The molecule has 0 fully saturated rings. The molecule has 0 radical (unpaired) electrons. The molecule has 1 atom stereocenters. The number of carbonyl (C=O) groups excluding carboxylic acids is 1. The van der Waals surface area contributed by atoms with Gasteiger partial charge >= 0.3 is 0 Å². The molecule has 4 heteroatoms. The van der Waals surface area contributed by atoms with Crippen molar-refractivity contribution in [3.05, 3.63) is 0 Å². The van der Waals surface area contributed by atoms with E-state index in [1.54, 1.807) is 0 Å². The number of hydrogen-bond donors (Lipinski definition) is 2. The zero-order valence-corrected chi connectivity index (χ0v) is 12.6. The molecule has 0 unspecified atom stereocenters. The summed E-state index contributed by atoms with van der Waals surface area (Å²) >= 11 is 0. The van der Waals surface area contributed by atoms with Crippen molar-refractivity contribution >= 4 is 5.91 Å². The van der Waals surface area contributed by atoms with Crippen molar-refractivity contribution in [2.45, 2.75) is 65.5 Å². The standard InChI is InChI=1S/C14H30N2O2/c1-6-12(15)13(17)16-9-8-14(4,5)18-10-7-11(2)3/h11-12H,6-10,15H2,1-5H3,(H,16,17)/t12-/m0/s1. The minimum Gasteiger partial charge on any atom is -0.375 e. The van der Waals surface area contributed by atoms with E-state index in [1.165, 1.54) is 0 Å². The molecule has 3 N–H and O–H groups in total. The van der Waals surface area contributed by atoms with Crippen LogP contribution in [0.2, 0.25) is 0 Å². The van der Waals surface area contributed by atoms with Gasteiger partial charge in [0, 0.05) is 13.2 Å². The van der Waals surface area contributed by atoms with Gasteiger partial charge < -0.3 is 15.8 Å². The van der Waals surface area contributed by atoms with Crippen molar-refractivity contribution in [2.75, 3.05) is 13.2 Å². The van der Waals surface area contributed by atoms with Crippen LogP contribution >= 0.6 is 0 Å². The molecule has 0 aliphatic heterocycles. The summed E-state index contributed by atoms with van der Waals surface area (Å²) in [7, 11) is 0. The molecule has 0 aromatic carbocycles. The number of carbonyl (C=O) groups is 1. The van der Waals surface area contributed by atoms with Gasteiger partial charge in [-0.15, -0.1) is 0 Å². The molecule has 0 heterocycles. The van der Waals surface area contributed by atoms with E-state index in [2.05, 4.69) is 33.0 Å². The second kappa shape index (κ2) is 8.48. The lowest BCUT2D eigenvalue weighted by molar-refractivity contribution is -0.122. The normalized spacial score (nSPS) is 13.7. The predicted octanol–water partition coefficient (Wildman–Crippen LogP) is 2.07.